The summed E-state index contributed by atoms with van der Waals surface area (Å²) in [6.07, 6.45) is -0.221. The van der Waals surface area contributed by atoms with Crippen molar-refractivity contribution in [3.63, 3.8) is 0 Å². The standard InChI is InChI=1S/C13H16F3NO/c14-13(15,16)18-12-6-4-10(5-7-12)9-11-3-1-2-8-17-11/h4-7,11,17H,1-3,8-9H2. The highest BCUT2D eigenvalue weighted by Crippen LogP contribution is 2.23. The summed E-state index contributed by atoms with van der Waals surface area (Å²) in [6.45, 7) is 1.03. The van der Waals surface area contributed by atoms with Gasteiger partial charge in [0.15, 0.2) is 0 Å². The van der Waals surface area contributed by atoms with E-state index in [0.29, 0.717) is 6.04 Å². The smallest absolute Gasteiger partial charge is 0.406 e. The lowest BCUT2D eigenvalue weighted by Gasteiger charge is -2.23. The molecule has 0 aromatic heterocycles. The van der Waals surface area contributed by atoms with Gasteiger partial charge in [0, 0.05) is 6.04 Å². The van der Waals surface area contributed by atoms with Crippen molar-refractivity contribution in [2.24, 2.45) is 0 Å². The van der Waals surface area contributed by atoms with Gasteiger partial charge in [0.2, 0.25) is 0 Å². The molecule has 0 spiro atoms. The molecule has 0 radical (unpaired) electrons. The molecular formula is C13H16F3NO. The minimum Gasteiger partial charge on any atom is -0.406 e. The largest absolute Gasteiger partial charge is 0.573 e. The predicted molar refractivity (Wildman–Crippen MR) is 62.5 cm³/mol. The van der Waals surface area contributed by atoms with Crippen molar-refractivity contribution < 1.29 is 17.9 Å². The second kappa shape index (κ2) is 5.61. The van der Waals surface area contributed by atoms with Crippen LogP contribution in [0.2, 0.25) is 0 Å². The van der Waals surface area contributed by atoms with Crippen molar-refractivity contribution in [1.29, 1.82) is 0 Å². The van der Waals surface area contributed by atoms with E-state index < -0.39 is 6.36 Å². The molecule has 1 aliphatic heterocycles. The number of piperidine rings is 1. The van der Waals surface area contributed by atoms with Crippen LogP contribution in [0.5, 0.6) is 5.75 Å². The van der Waals surface area contributed by atoms with Crippen molar-refractivity contribution >= 4 is 0 Å². The van der Waals surface area contributed by atoms with Gasteiger partial charge in [0.05, 0.1) is 0 Å². The monoisotopic (exact) mass is 259 g/mol. The van der Waals surface area contributed by atoms with E-state index in [1.165, 1.54) is 25.0 Å². The maximum absolute atomic E-state index is 12.0. The van der Waals surface area contributed by atoms with Gasteiger partial charge in [-0.1, -0.05) is 18.6 Å². The van der Waals surface area contributed by atoms with Crippen LogP contribution in [0.4, 0.5) is 13.2 Å². The zero-order valence-corrected chi connectivity index (χ0v) is 9.96. The maximum atomic E-state index is 12.0. The van der Waals surface area contributed by atoms with E-state index in [1.54, 1.807) is 12.1 Å². The van der Waals surface area contributed by atoms with Crippen molar-refractivity contribution in [3.8, 4) is 5.75 Å². The minimum atomic E-state index is -4.62. The summed E-state index contributed by atoms with van der Waals surface area (Å²) in [5, 5.41) is 3.41. The highest BCUT2D eigenvalue weighted by Gasteiger charge is 2.30. The lowest BCUT2D eigenvalue weighted by atomic mass is 9.98. The first-order chi connectivity index (χ1) is 8.53. The first-order valence-electron chi connectivity index (χ1n) is 6.11. The van der Waals surface area contributed by atoms with Gasteiger partial charge >= 0.3 is 6.36 Å². The van der Waals surface area contributed by atoms with Gasteiger partial charge in [-0.25, -0.2) is 0 Å². The van der Waals surface area contributed by atoms with Gasteiger partial charge in [-0.05, 0) is 43.5 Å². The molecule has 5 heteroatoms. The quantitative estimate of drug-likeness (QED) is 0.899. The summed E-state index contributed by atoms with van der Waals surface area (Å²) in [4.78, 5) is 0. The fourth-order valence-electron chi connectivity index (χ4n) is 2.21. The Labute approximate surface area is 104 Å². The van der Waals surface area contributed by atoms with Crippen LogP contribution in [0.25, 0.3) is 0 Å². The Bertz CT molecular complexity index is 369. The van der Waals surface area contributed by atoms with Gasteiger partial charge in [-0.2, -0.15) is 0 Å². The summed E-state index contributed by atoms with van der Waals surface area (Å²) < 4.78 is 39.8. The molecule has 100 valence electrons. The topological polar surface area (TPSA) is 21.3 Å². The van der Waals surface area contributed by atoms with E-state index in [0.717, 1.165) is 24.9 Å². The molecule has 0 saturated carbocycles. The summed E-state index contributed by atoms with van der Waals surface area (Å²) in [7, 11) is 0. The molecule has 0 amide bonds. The summed E-state index contributed by atoms with van der Waals surface area (Å²) in [6, 6.07) is 6.56. The molecular weight excluding hydrogens is 243 g/mol. The fourth-order valence-corrected chi connectivity index (χ4v) is 2.21. The highest BCUT2D eigenvalue weighted by molar-refractivity contribution is 5.28. The molecule has 1 atom stereocenters. The van der Waals surface area contributed by atoms with Crippen LogP contribution in [0.1, 0.15) is 24.8 Å². The van der Waals surface area contributed by atoms with Gasteiger partial charge in [-0.15, -0.1) is 13.2 Å². The Hall–Kier alpha value is -1.23. The average Bonchev–Trinajstić information content (AvgIpc) is 2.31. The summed E-state index contributed by atoms with van der Waals surface area (Å²) in [5.74, 6) is -0.164. The van der Waals surface area contributed by atoms with Crippen molar-refractivity contribution in [2.45, 2.75) is 38.1 Å². The van der Waals surface area contributed by atoms with Gasteiger partial charge in [0.25, 0.3) is 0 Å². The number of alkyl halides is 3. The molecule has 1 heterocycles. The van der Waals surface area contributed by atoms with Crippen molar-refractivity contribution in [2.75, 3.05) is 6.54 Å². The SMILES string of the molecule is FC(F)(F)Oc1ccc(CC2CCCCN2)cc1. The van der Waals surface area contributed by atoms with Crippen LogP contribution in [0.3, 0.4) is 0 Å². The molecule has 1 fully saturated rings. The van der Waals surface area contributed by atoms with E-state index in [4.69, 9.17) is 0 Å². The molecule has 2 nitrogen and oxygen atoms in total. The molecule has 1 aromatic rings. The molecule has 18 heavy (non-hydrogen) atoms. The number of benzene rings is 1. The van der Waals surface area contributed by atoms with E-state index in [-0.39, 0.29) is 5.75 Å². The van der Waals surface area contributed by atoms with Crippen molar-refractivity contribution in [1.82, 2.24) is 5.32 Å². The van der Waals surface area contributed by atoms with Crippen LogP contribution >= 0.6 is 0 Å². The summed E-state index contributed by atoms with van der Waals surface area (Å²) in [5.41, 5.74) is 1.03. The molecule has 1 saturated heterocycles. The third-order valence-corrected chi connectivity index (χ3v) is 3.05. The van der Waals surface area contributed by atoms with E-state index in [9.17, 15) is 13.2 Å². The molecule has 0 aliphatic carbocycles. The van der Waals surface area contributed by atoms with Crippen LogP contribution < -0.4 is 10.1 Å². The number of nitrogens with one attached hydrogen (secondary N) is 1. The van der Waals surface area contributed by atoms with Crippen LogP contribution in [-0.2, 0) is 6.42 Å². The first-order valence-corrected chi connectivity index (χ1v) is 6.11. The molecule has 1 aromatic carbocycles. The second-order valence-electron chi connectivity index (χ2n) is 4.54. The Balaban J connectivity index is 1.90. The Morgan fingerprint density at radius 1 is 1.17 bits per heavy atom. The van der Waals surface area contributed by atoms with Crippen LogP contribution in [0, 0.1) is 0 Å². The number of hydrogen-bond acceptors (Lipinski definition) is 2. The number of rotatable bonds is 3. The van der Waals surface area contributed by atoms with E-state index >= 15 is 0 Å². The number of ether oxygens (including phenoxy) is 1. The van der Waals surface area contributed by atoms with Gasteiger partial charge in [0.1, 0.15) is 5.75 Å². The first kappa shape index (κ1) is 13.2. The van der Waals surface area contributed by atoms with Crippen molar-refractivity contribution in [3.05, 3.63) is 29.8 Å². The highest BCUT2D eigenvalue weighted by atomic mass is 19.4. The van der Waals surface area contributed by atoms with Crippen LogP contribution in [-0.4, -0.2) is 18.9 Å². The van der Waals surface area contributed by atoms with Crippen LogP contribution in [0.15, 0.2) is 24.3 Å². The molecule has 1 aliphatic rings. The lowest BCUT2D eigenvalue weighted by molar-refractivity contribution is -0.274. The van der Waals surface area contributed by atoms with E-state index in [1.807, 2.05) is 0 Å². The van der Waals surface area contributed by atoms with E-state index in [2.05, 4.69) is 10.1 Å². The molecule has 1 unspecified atom stereocenters. The van der Waals surface area contributed by atoms with Gasteiger partial charge in [-0.3, -0.25) is 0 Å². The maximum Gasteiger partial charge on any atom is 0.573 e. The third-order valence-electron chi connectivity index (χ3n) is 3.05. The predicted octanol–water partition coefficient (Wildman–Crippen LogP) is 3.27. The van der Waals surface area contributed by atoms with Gasteiger partial charge < -0.3 is 10.1 Å². The lowest BCUT2D eigenvalue weighted by Crippen LogP contribution is -2.35. The molecule has 0 bridgehead atoms. The minimum absolute atomic E-state index is 0.164. The normalized spacial score (nSPS) is 20.7. The number of hydrogen-bond donors (Lipinski definition) is 1. The Morgan fingerprint density at radius 2 is 1.89 bits per heavy atom. The average molecular weight is 259 g/mol. The number of halogens is 3. The Morgan fingerprint density at radius 3 is 2.44 bits per heavy atom. The molecule has 2 rings (SSSR count). The third kappa shape index (κ3) is 4.22. The zero-order chi connectivity index (χ0) is 13.0. The fraction of sp³-hybridized carbons (Fsp3) is 0.538. The Kier molecular flexibility index (Phi) is 4.11. The molecule has 1 N–H and O–H groups in total. The second-order valence-corrected chi connectivity index (χ2v) is 4.54. The summed E-state index contributed by atoms with van der Waals surface area (Å²) >= 11 is 0. The zero-order valence-electron chi connectivity index (χ0n) is 9.96.